The maximum atomic E-state index is 12.5. The van der Waals surface area contributed by atoms with Crippen LogP contribution in [-0.4, -0.2) is 32.5 Å². The first-order valence-corrected chi connectivity index (χ1v) is 10.8. The van der Waals surface area contributed by atoms with Crippen molar-refractivity contribution in [1.82, 2.24) is 24.8 Å². The summed E-state index contributed by atoms with van der Waals surface area (Å²) in [4.78, 5) is 26.2. The number of fused-ring (bicyclic) bond motifs is 3. The van der Waals surface area contributed by atoms with Crippen LogP contribution in [-0.2, 0) is 18.4 Å². The van der Waals surface area contributed by atoms with Crippen molar-refractivity contribution in [3.63, 3.8) is 0 Å². The van der Waals surface area contributed by atoms with Gasteiger partial charge in [-0.25, -0.2) is 9.97 Å². The van der Waals surface area contributed by atoms with Crippen LogP contribution in [0.1, 0.15) is 37.7 Å². The zero-order valence-corrected chi connectivity index (χ0v) is 17.8. The maximum Gasteiger partial charge on any atom is 0.251 e. The van der Waals surface area contributed by atoms with E-state index in [2.05, 4.69) is 20.6 Å². The van der Waals surface area contributed by atoms with E-state index in [0.717, 1.165) is 47.8 Å². The van der Waals surface area contributed by atoms with Gasteiger partial charge < -0.3 is 19.6 Å². The lowest BCUT2D eigenvalue weighted by Crippen LogP contribution is -2.31. The molecule has 1 fully saturated rings. The number of nitrogens with zero attached hydrogens (tertiary/aromatic N) is 4. The van der Waals surface area contributed by atoms with Gasteiger partial charge in [-0.2, -0.15) is 4.98 Å². The summed E-state index contributed by atoms with van der Waals surface area (Å²) < 4.78 is 7.93. The van der Waals surface area contributed by atoms with Crippen molar-refractivity contribution in [2.45, 2.75) is 38.6 Å². The standard InChI is InChI=1S/C23H26N6O2/c1-24-20-17-19(29(2)13-26-17)18-23(28-20)31-22(27-18)16-10-6-7-14(11-16)12-25-21(30)15-8-4-3-5-9-15/h6-7,10-11,13,15H,3-5,8-9,12H2,1-2H3,(H,24,28)(H,25,30). The molecule has 8 nitrogen and oxygen atoms in total. The monoisotopic (exact) mass is 418 g/mol. The number of hydrogen-bond donors (Lipinski definition) is 2. The molecule has 1 aliphatic rings. The maximum absolute atomic E-state index is 12.5. The van der Waals surface area contributed by atoms with Crippen molar-refractivity contribution >= 4 is 34.0 Å². The normalized spacial score (nSPS) is 14.9. The van der Waals surface area contributed by atoms with Crippen molar-refractivity contribution in [2.75, 3.05) is 12.4 Å². The fourth-order valence-electron chi connectivity index (χ4n) is 4.39. The van der Waals surface area contributed by atoms with E-state index in [4.69, 9.17) is 9.40 Å². The van der Waals surface area contributed by atoms with Gasteiger partial charge in [-0.05, 0) is 30.5 Å². The number of aryl methyl sites for hydroxylation is 1. The number of amides is 1. The van der Waals surface area contributed by atoms with Crippen molar-refractivity contribution in [1.29, 1.82) is 0 Å². The molecule has 1 saturated carbocycles. The van der Waals surface area contributed by atoms with Gasteiger partial charge in [0.05, 0.1) is 6.33 Å². The number of hydrogen-bond acceptors (Lipinski definition) is 6. The number of carbonyl (C=O) groups excluding carboxylic acids is 1. The molecule has 0 unspecified atom stereocenters. The molecule has 8 heteroatoms. The Bertz CT molecular complexity index is 1250. The van der Waals surface area contributed by atoms with E-state index in [9.17, 15) is 4.79 Å². The molecule has 0 atom stereocenters. The topological polar surface area (TPSA) is 97.9 Å². The van der Waals surface area contributed by atoms with Gasteiger partial charge in [-0.1, -0.05) is 31.4 Å². The Balaban J connectivity index is 1.42. The van der Waals surface area contributed by atoms with Crippen molar-refractivity contribution in [3.05, 3.63) is 36.2 Å². The lowest BCUT2D eigenvalue weighted by molar-refractivity contribution is -0.126. The zero-order chi connectivity index (χ0) is 21.4. The SMILES string of the molecule is CNc1nc2oc(-c3cccc(CNC(=O)C4CCCCC4)c3)nc2c2c1ncn2C. The second-order valence-corrected chi connectivity index (χ2v) is 8.19. The summed E-state index contributed by atoms with van der Waals surface area (Å²) in [6, 6.07) is 7.92. The fourth-order valence-corrected chi connectivity index (χ4v) is 4.39. The van der Waals surface area contributed by atoms with Crippen molar-refractivity contribution in [2.24, 2.45) is 13.0 Å². The van der Waals surface area contributed by atoms with E-state index >= 15 is 0 Å². The van der Waals surface area contributed by atoms with Gasteiger partial charge in [0.1, 0.15) is 11.0 Å². The molecular formula is C23H26N6O2. The van der Waals surface area contributed by atoms with E-state index < -0.39 is 0 Å². The molecule has 0 spiro atoms. The predicted molar refractivity (Wildman–Crippen MR) is 119 cm³/mol. The van der Waals surface area contributed by atoms with Crippen LogP contribution < -0.4 is 10.6 Å². The molecule has 1 amide bonds. The Morgan fingerprint density at radius 3 is 2.84 bits per heavy atom. The second kappa shape index (κ2) is 8.02. The highest BCUT2D eigenvalue weighted by Crippen LogP contribution is 2.31. The van der Waals surface area contributed by atoms with E-state index in [0.29, 0.717) is 29.5 Å². The summed E-state index contributed by atoms with van der Waals surface area (Å²) in [5, 5.41) is 6.17. The highest BCUT2D eigenvalue weighted by molar-refractivity contribution is 6.03. The first-order valence-electron chi connectivity index (χ1n) is 10.8. The molecule has 2 N–H and O–H groups in total. The molecule has 0 aliphatic heterocycles. The van der Waals surface area contributed by atoms with Gasteiger partial charge in [0.2, 0.25) is 11.8 Å². The average Bonchev–Trinajstić information content (AvgIpc) is 3.41. The van der Waals surface area contributed by atoms with E-state index in [1.54, 1.807) is 6.33 Å². The van der Waals surface area contributed by atoms with Gasteiger partial charge >= 0.3 is 0 Å². The molecule has 3 aromatic heterocycles. The summed E-state index contributed by atoms with van der Waals surface area (Å²) >= 11 is 0. The third kappa shape index (κ3) is 3.62. The Hall–Kier alpha value is -3.42. The molecule has 1 aromatic carbocycles. The number of oxazole rings is 1. The number of aromatic nitrogens is 4. The highest BCUT2D eigenvalue weighted by Gasteiger charge is 2.21. The van der Waals surface area contributed by atoms with E-state index in [-0.39, 0.29) is 11.8 Å². The van der Waals surface area contributed by atoms with Gasteiger partial charge in [0.15, 0.2) is 11.3 Å². The summed E-state index contributed by atoms with van der Waals surface area (Å²) in [6.07, 6.45) is 7.29. The zero-order valence-electron chi connectivity index (χ0n) is 17.8. The molecule has 31 heavy (non-hydrogen) atoms. The Morgan fingerprint density at radius 2 is 2.03 bits per heavy atom. The lowest BCUT2D eigenvalue weighted by atomic mass is 9.88. The van der Waals surface area contributed by atoms with Crippen LogP contribution >= 0.6 is 0 Å². The summed E-state index contributed by atoms with van der Waals surface area (Å²) in [6.45, 7) is 0.498. The summed E-state index contributed by atoms with van der Waals surface area (Å²) in [5.41, 5.74) is 4.64. The third-order valence-corrected chi connectivity index (χ3v) is 6.06. The second-order valence-electron chi connectivity index (χ2n) is 8.19. The minimum absolute atomic E-state index is 0.155. The predicted octanol–water partition coefficient (Wildman–Crippen LogP) is 4.01. The largest absolute Gasteiger partial charge is 0.418 e. The minimum Gasteiger partial charge on any atom is -0.418 e. The van der Waals surface area contributed by atoms with E-state index in [1.807, 2.05) is 42.9 Å². The summed E-state index contributed by atoms with van der Waals surface area (Å²) in [5.74, 6) is 1.47. The number of nitrogens with one attached hydrogen (secondary N) is 2. The molecule has 160 valence electrons. The molecule has 0 radical (unpaired) electrons. The quantitative estimate of drug-likeness (QED) is 0.508. The molecule has 0 saturated heterocycles. The van der Waals surface area contributed by atoms with Crippen LogP contribution in [0.15, 0.2) is 35.0 Å². The highest BCUT2D eigenvalue weighted by atomic mass is 16.4. The van der Waals surface area contributed by atoms with E-state index in [1.165, 1.54) is 6.42 Å². The average molecular weight is 419 g/mol. The first kappa shape index (κ1) is 19.5. The molecule has 1 aliphatic carbocycles. The van der Waals surface area contributed by atoms with Crippen molar-refractivity contribution < 1.29 is 9.21 Å². The molecule has 3 heterocycles. The minimum atomic E-state index is 0.155. The summed E-state index contributed by atoms with van der Waals surface area (Å²) in [7, 11) is 3.74. The number of benzene rings is 1. The van der Waals surface area contributed by atoms with Gasteiger partial charge in [-0.3, -0.25) is 4.79 Å². The van der Waals surface area contributed by atoms with Gasteiger partial charge in [0, 0.05) is 32.1 Å². The molecule has 0 bridgehead atoms. The van der Waals surface area contributed by atoms with Crippen LogP contribution in [0.25, 0.3) is 33.7 Å². The van der Waals surface area contributed by atoms with Crippen LogP contribution in [0.2, 0.25) is 0 Å². The van der Waals surface area contributed by atoms with Crippen LogP contribution in [0.4, 0.5) is 5.82 Å². The first-order chi connectivity index (χ1) is 15.1. The third-order valence-electron chi connectivity index (χ3n) is 6.06. The Morgan fingerprint density at radius 1 is 1.19 bits per heavy atom. The molecule has 4 aromatic rings. The molecular weight excluding hydrogens is 392 g/mol. The number of anilines is 1. The van der Waals surface area contributed by atoms with Gasteiger partial charge in [-0.15, -0.1) is 0 Å². The Labute approximate surface area is 180 Å². The number of carbonyl (C=O) groups is 1. The Kier molecular flexibility index (Phi) is 5.05. The molecule has 5 rings (SSSR count). The fraction of sp³-hybridized carbons (Fsp3) is 0.391. The number of pyridine rings is 1. The number of rotatable bonds is 5. The lowest BCUT2D eigenvalue weighted by Gasteiger charge is -2.20. The van der Waals surface area contributed by atoms with Crippen LogP contribution in [0, 0.1) is 5.92 Å². The van der Waals surface area contributed by atoms with Crippen LogP contribution in [0.3, 0.4) is 0 Å². The van der Waals surface area contributed by atoms with Crippen LogP contribution in [0.5, 0.6) is 0 Å². The van der Waals surface area contributed by atoms with Crippen molar-refractivity contribution in [3.8, 4) is 11.5 Å². The van der Waals surface area contributed by atoms with Gasteiger partial charge in [0.25, 0.3) is 5.71 Å². The number of imidazole rings is 1. The smallest absolute Gasteiger partial charge is 0.251 e.